The maximum Gasteiger partial charge on any atom is 0.313 e. The first-order valence-corrected chi connectivity index (χ1v) is 9.74. The van der Waals surface area contributed by atoms with Crippen LogP contribution in [0, 0.1) is 18.6 Å². The van der Waals surface area contributed by atoms with Crippen LogP contribution in [0.15, 0.2) is 30.3 Å². The molecule has 5 nitrogen and oxygen atoms in total. The molecule has 0 aliphatic carbocycles. The second kappa shape index (κ2) is 8.44. The Morgan fingerprint density at radius 1 is 1.20 bits per heavy atom. The number of phenols is 1. The topological polar surface area (TPSA) is 68.5 Å². The van der Waals surface area contributed by atoms with Gasteiger partial charge in [0.1, 0.15) is 5.82 Å². The monoisotopic (exact) mass is 435 g/mol. The van der Waals surface area contributed by atoms with Crippen molar-refractivity contribution in [2.24, 2.45) is 0 Å². The summed E-state index contributed by atoms with van der Waals surface area (Å²) in [5.74, 6) is -4.22. The fraction of sp³-hybridized carbons (Fsp3) is 0.273. The van der Waals surface area contributed by atoms with Gasteiger partial charge < -0.3 is 9.84 Å². The molecule has 0 aliphatic rings. The number of aromatic hydroxyl groups is 1. The third-order valence-corrected chi connectivity index (χ3v) is 5.23. The van der Waals surface area contributed by atoms with Gasteiger partial charge in [-0.15, -0.1) is 0 Å². The van der Waals surface area contributed by atoms with Gasteiger partial charge in [0.2, 0.25) is 0 Å². The maximum atomic E-state index is 14.1. The number of rotatable bonds is 5. The molecular formula is C22H20ClF2NO4. The fourth-order valence-electron chi connectivity index (χ4n) is 3.46. The minimum Gasteiger partial charge on any atom is -0.505 e. The van der Waals surface area contributed by atoms with Crippen molar-refractivity contribution in [3.8, 4) is 5.75 Å². The smallest absolute Gasteiger partial charge is 0.313 e. The molecule has 3 aromatic rings. The maximum absolute atomic E-state index is 14.1. The van der Waals surface area contributed by atoms with Gasteiger partial charge in [-0.3, -0.25) is 14.2 Å². The van der Waals surface area contributed by atoms with Gasteiger partial charge in [-0.2, -0.15) is 0 Å². The van der Waals surface area contributed by atoms with Crippen LogP contribution in [0.1, 0.15) is 47.8 Å². The Hall–Kier alpha value is -2.93. The number of hydrogen-bond donors (Lipinski definition) is 1. The molecular weight excluding hydrogens is 416 g/mol. The zero-order valence-corrected chi connectivity index (χ0v) is 17.4. The zero-order valence-electron chi connectivity index (χ0n) is 16.6. The van der Waals surface area contributed by atoms with E-state index in [4.69, 9.17) is 16.3 Å². The average Bonchev–Trinajstić information content (AvgIpc) is 2.98. The minimum absolute atomic E-state index is 0.00172. The molecule has 0 saturated heterocycles. The largest absolute Gasteiger partial charge is 0.505 e. The van der Waals surface area contributed by atoms with Crippen molar-refractivity contribution in [2.75, 3.05) is 6.61 Å². The number of fused-ring (bicyclic) bond motifs is 1. The lowest BCUT2D eigenvalue weighted by molar-refractivity contribution is -0.145. The number of carbonyl (C=O) groups excluding carboxylic acids is 2. The molecule has 1 atom stereocenters. The molecule has 158 valence electrons. The van der Waals surface area contributed by atoms with E-state index in [2.05, 4.69) is 0 Å². The first-order chi connectivity index (χ1) is 14.2. The average molecular weight is 436 g/mol. The SMILES string of the molecule is CCCOC(=O)[C@@H](C)c1c(C)n(C(=O)c2ccc(Cl)c(F)c2)c2cc(F)c(O)cc12. The third-order valence-electron chi connectivity index (χ3n) is 4.93. The second-order valence-electron chi connectivity index (χ2n) is 6.98. The summed E-state index contributed by atoms with van der Waals surface area (Å²) in [6, 6.07) is 5.78. The van der Waals surface area contributed by atoms with Gasteiger partial charge >= 0.3 is 5.97 Å². The van der Waals surface area contributed by atoms with Crippen LogP contribution in [0.3, 0.4) is 0 Å². The zero-order chi connectivity index (χ0) is 22.2. The summed E-state index contributed by atoms with van der Waals surface area (Å²) in [5.41, 5.74) is 0.923. The molecule has 0 fully saturated rings. The molecule has 1 heterocycles. The van der Waals surface area contributed by atoms with Crippen LogP contribution in [0.2, 0.25) is 5.02 Å². The van der Waals surface area contributed by atoms with E-state index in [-0.39, 0.29) is 22.7 Å². The first-order valence-electron chi connectivity index (χ1n) is 9.37. The van der Waals surface area contributed by atoms with E-state index in [0.29, 0.717) is 23.1 Å². The third kappa shape index (κ3) is 3.77. The van der Waals surface area contributed by atoms with Crippen LogP contribution in [0.25, 0.3) is 10.9 Å². The van der Waals surface area contributed by atoms with Gasteiger partial charge in [-0.1, -0.05) is 18.5 Å². The van der Waals surface area contributed by atoms with Crippen molar-refractivity contribution in [1.29, 1.82) is 0 Å². The number of hydrogen-bond acceptors (Lipinski definition) is 4. The van der Waals surface area contributed by atoms with E-state index in [1.165, 1.54) is 22.8 Å². The Kier molecular flexibility index (Phi) is 6.12. The molecule has 0 saturated carbocycles. The number of phenolic OH excluding ortho intramolecular Hbond substituents is 1. The molecule has 8 heteroatoms. The van der Waals surface area contributed by atoms with Crippen LogP contribution in [0.4, 0.5) is 8.78 Å². The first kappa shape index (κ1) is 21.8. The van der Waals surface area contributed by atoms with Crippen LogP contribution in [0.5, 0.6) is 5.75 Å². The van der Waals surface area contributed by atoms with Crippen molar-refractivity contribution < 1.29 is 28.2 Å². The van der Waals surface area contributed by atoms with Crippen molar-refractivity contribution in [2.45, 2.75) is 33.1 Å². The van der Waals surface area contributed by atoms with E-state index >= 15 is 0 Å². The van der Waals surface area contributed by atoms with E-state index in [1.54, 1.807) is 13.8 Å². The Labute approximate surface area is 176 Å². The molecule has 1 N–H and O–H groups in total. The highest BCUT2D eigenvalue weighted by atomic mass is 35.5. The molecule has 3 rings (SSSR count). The van der Waals surface area contributed by atoms with Gasteiger partial charge in [-0.05, 0) is 50.1 Å². The summed E-state index contributed by atoms with van der Waals surface area (Å²) in [7, 11) is 0. The molecule has 0 unspecified atom stereocenters. The summed E-state index contributed by atoms with van der Waals surface area (Å²) in [6.45, 7) is 5.30. The lowest BCUT2D eigenvalue weighted by Gasteiger charge is -2.13. The lowest BCUT2D eigenvalue weighted by Crippen LogP contribution is -2.17. The molecule has 0 bridgehead atoms. The number of esters is 1. The van der Waals surface area contributed by atoms with E-state index in [9.17, 15) is 23.5 Å². The summed E-state index contributed by atoms with van der Waals surface area (Å²) in [5, 5.41) is 10.1. The molecule has 0 aliphatic heterocycles. The lowest BCUT2D eigenvalue weighted by atomic mass is 9.98. The van der Waals surface area contributed by atoms with E-state index in [0.717, 1.165) is 12.1 Å². The van der Waals surface area contributed by atoms with Gasteiger partial charge in [0.05, 0.1) is 23.1 Å². The Bertz CT molecular complexity index is 1160. The summed E-state index contributed by atoms with van der Waals surface area (Å²) >= 11 is 5.70. The van der Waals surface area contributed by atoms with Crippen molar-refractivity contribution in [3.05, 3.63) is 63.8 Å². The molecule has 30 heavy (non-hydrogen) atoms. The van der Waals surface area contributed by atoms with Crippen molar-refractivity contribution in [1.82, 2.24) is 4.57 Å². The number of benzene rings is 2. The van der Waals surface area contributed by atoms with Crippen molar-refractivity contribution in [3.63, 3.8) is 0 Å². The predicted molar refractivity (Wildman–Crippen MR) is 109 cm³/mol. The van der Waals surface area contributed by atoms with Crippen LogP contribution < -0.4 is 0 Å². The number of halogens is 3. The number of carbonyl (C=O) groups is 2. The predicted octanol–water partition coefficient (Wildman–Crippen LogP) is 5.33. The van der Waals surface area contributed by atoms with Crippen LogP contribution >= 0.6 is 11.6 Å². The van der Waals surface area contributed by atoms with Gasteiger partial charge in [0, 0.05) is 22.7 Å². The summed E-state index contributed by atoms with van der Waals surface area (Å²) in [6.07, 6.45) is 0.645. The van der Waals surface area contributed by atoms with Crippen LogP contribution in [-0.4, -0.2) is 28.2 Å². The van der Waals surface area contributed by atoms with Gasteiger partial charge in [0.15, 0.2) is 11.6 Å². The summed E-state index contributed by atoms with van der Waals surface area (Å²) < 4.78 is 34.4. The number of aromatic nitrogens is 1. The highest BCUT2D eigenvalue weighted by Crippen LogP contribution is 2.36. The highest BCUT2D eigenvalue weighted by molar-refractivity contribution is 6.30. The van der Waals surface area contributed by atoms with E-state index in [1.807, 2.05) is 6.92 Å². The molecule has 0 radical (unpaired) electrons. The van der Waals surface area contributed by atoms with Crippen LogP contribution in [-0.2, 0) is 9.53 Å². The molecule has 1 aromatic heterocycles. The Morgan fingerprint density at radius 2 is 1.90 bits per heavy atom. The fourth-order valence-corrected chi connectivity index (χ4v) is 3.58. The minimum atomic E-state index is -0.927. The Morgan fingerprint density at radius 3 is 2.53 bits per heavy atom. The van der Waals surface area contributed by atoms with Gasteiger partial charge in [-0.25, -0.2) is 8.78 Å². The standard InChI is InChI=1S/C22H20ClF2NO4/c1-4-7-30-22(29)11(2)20-12(3)26(18-10-17(25)19(27)9-14(18)20)21(28)13-5-6-15(23)16(24)8-13/h5-6,8-11,27H,4,7H2,1-3H3/t11-/m0/s1. The molecule has 0 spiro atoms. The summed E-state index contributed by atoms with van der Waals surface area (Å²) in [4.78, 5) is 25.6. The molecule has 0 amide bonds. The Balaban J connectivity index is 2.23. The second-order valence-corrected chi connectivity index (χ2v) is 7.39. The number of nitrogens with zero attached hydrogens (tertiary/aromatic N) is 1. The van der Waals surface area contributed by atoms with Gasteiger partial charge in [0.25, 0.3) is 5.91 Å². The number of ether oxygens (including phenoxy) is 1. The quantitative estimate of drug-likeness (QED) is 0.550. The molecule has 2 aromatic carbocycles. The highest BCUT2D eigenvalue weighted by Gasteiger charge is 2.28. The normalized spacial score (nSPS) is 12.2. The van der Waals surface area contributed by atoms with E-state index < -0.39 is 35.2 Å². The van der Waals surface area contributed by atoms with Crippen molar-refractivity contribution >= 4 is 34.4 Å².